The molecule has 2 aromatic rings. The van der Waals surface area contributed by atoms with Crippen molar-refractivity contribution in [3.05, 3.63) is 45.8 Å². The molecule has 2 rings (SSSR count). The van der Waals surface area contributed by atoms with Crippen LogP contribution in [0.5, 0.6) is 0 Å². The fourth-order valence-electron chi connectivity index (χ4n) is 1.77. The third-order valence-corrected chi connectivity index (χ3v) is 3.51. The molecule has 0 saturated heterocycles. The van der Waals surface area contributed by atoms with Gasteiger partial charge in [-0.05, 0) is 24.4 Å². The second-order valence-electron chi connectivity index (χ2n) is 4.07. The van der Waals surface area contributed by atoms with Crippen molar-refractivity contribution in [2.75, 3.05) is 11.9 Å². The molecule has 0 aromatic carbocycles. The highest BCUT2D eigenvalue weighted by Crippen LogP contribution is 2.20. The Hall–Kier alpha value is -1.39. The number of hydrogen-bond donors (Lipinski definition) is 1. The summed E-state index contributed by atoms with van der Waals surface area (Å²) in [6, 6.07) is 8.27. The van der Waals surface area contributed by atoms with Crippen molar-refractivity contribution in [3.8, 4) is 0 Å². The molecule has 0 radical (unpaired) electrons. The van der Waals surface area contributed by atoms with Gasteiger partial charge in [0.1, 0.15) is 5.82 Å². The van der Waals surface area contributed by atoms with E-state index in [9.17, 15) is 0 Å². The first-order chi connectivity index (χ1) is 8.20. The van der Waals surface area contributed by atoms with Gasteiger partial charge in [-0.25, -0.2) is 4.98 Å². The van der Waals surface area contributed by atoms with Crippen LogP contribution in [-0.2, 0) is 13.1 Å². The Morgan fingerprint density at radius 1 is 1.35 bits per heavy atom. The first-order valence-electron chi connectivity index (χ1n) is 5.61. The number of thiophene rings is 1. The van der Waals surface area contributed by atoms with E-state index < -0.39 is 0 Å². The third-order valence-electron chi connectivity index (χ3n) is 2.65. The Morgan fingerprint density at radius 2 is 2.18 bits per heavy atom. The molecule has 0 fully saturated rings. The van der Waals surface area contributed by atoms with E-state index in [4.69, 9.17) is 5.73 Å². The van der Waals surface area contributed by atoms with Crippen molar-refractivity contribution in [2.24, 2.45) is 5.73 Å². The van der Waals surface area contributed by atoms with Crippen LogP contribution in [0.1, 0.15) is 16.1 Å². The zero-order chi connectivity index (χ0) is 12.3. The normalized spacial score (nSPS) is 10.5. The Labute approximate surface area is 106 Å². The molecule has 17 heavy (non-hydrogen) atoms. The summed E-state index contributed by atoms with van der Waals surface area (Å²) in [6.45, 7) is 3.40. The second kappa shape index (κ2) is 5.29. The number of aryl methyl sites for hydroxylation is 1. The summed E-state index contributed by atoms with van der Waals surface area (Å²) in [5.74, 6) is 0.987. The third kappa shape index (κ3) is 2.84. The number of rotatable bonds is 4. The average molecular weight is 247 g/mol. The van der Waals surface area contributed by atoms with Gasteiger partial charge in [0.25, 0.3) is 0 Å². The van der Waals surface area contributed by atoms with E-state index in [0.717, 1.165) is 23.6 Å². The van der Waals surface area contributed by atoms with E-state index in [2.05, 4.69) is 40.5 Å². The number of nitrogens with two attached hydrogens (primary N) is 1. The van der Waals surface area contributed by atoms with Crippen LogP contribution in [0.2, 0.25) is 0 Å². The number of nitrogens with zero attached hydrogens (tertiary/aromatic N) is 2. The van der Waals surface area contributed by atoms with E-state index in [1.54, 1.807) is 11.3 Å². The quantitative estimate of drug-likeness (QED) is 0.903. The van der Waals surface area contributed by atoms with Crippen LogP contribution in [0.15, 0.2) is 29.6 Å². The predicted molar refractivity (Wildman–Crippen MR) is 73.3 cm³/mol. The molecule has 0 amide bonds. The molecule has 0 saturated carbocycles. The van der Waals surface area contributed by atoms with E-state index in [0.29, 0.717) is 6.54 Å². The minimum absolute atomic E-state index is 0.525. The molecule has 0 atom stereocenters. The first kappa shape index (κ1) is 12.1. The van der Waals surface area contributed by atoms with Crippen molar-refractivity contribution in [1.29, 1.82) is 0 Å². The summed E-state index contributed by atoms with van der Waals surface area (Å²) >= 11 is 1.76. The van der Waals surface area contributed by atoms with Crippen molar-refractivity contribution >= 4 is 17.2 Å². The number of aromatic nitrogens is 1. The van der Waals surface area contributed by atoms with Crippen LogP contribution >= 0.6 is 11.3 Å². The van der Waals surface area contributed by atoms with Gasteiger partial charge in [-0.1, -0.05) is 12.1 Å². The SMILES string of the molecule is Cc1ccc(CN)c(N(C)Cc2cccs2)n1. The summed E-state index contributed by atoms with van der Waals surface area (Å²) in [6.07, 6.45) is 0. The highest BCUT2D eigenvalue weighted by molar-refractivity contribution is 7.09. The maximum Gasteiger partial charge on any atom is 0.133 e. The fourth-order valence-corrected chi connectivity index (χ4v) is 2.53. The largest absolute Gasteiger partial charge is 0.354 e. The molecular weight excluding hydrogens is 230 g/mol. The summed E-state index contributed by atoms with van der Waals surface area (Å²) < 4.78 is 0. The molecule has 0 aliphatic rings. The van der Waals surface area contributed by atoms with Crippen LogP contribution in [-0.4, -0.2) is 12.0 Å². The van der Waals surface area contributed by atoms with Crippen LogP contribution in [0, 0.1) is 6.92 Å². The number of anilines is 1. The highest BCUT2D eigenvalue weighted by Gasteiger charge is 2.09. The van der Waals surface area contributed by atoms with Crippen molar-refractivity contribution in [3.63, 3.8) is 0 Å². The molecule has 0 aliphatic heterocycles. The molecule has 2 aromatic heterocycles. The maximum atomic E-state index is 5.75. The number of hydrogen-bond acceptors (Lipinski definition) is 4. The first-order valence-corrected chi connectivity index (χ1v) is 6.49. The average Bonchev–Trinajstić information content (AvgIpc) is 2.81. The van der Waals surface area contributed by atoms with Crippen molar-refractivity contribution < 1.29 is 0 Å². The van der Waals surface area contributed by atoms with Gasteiger partial charge in [-0.15, -0.1) is 11.3 Å². The van der Waals surface area contributed by atoms with Crippen molar-refractivity contribution in [2.45, 2.75) is 20.0 Å². The molecule has 3 nitrogen and oxygen atoms in total. The lowest BCUT2D eigenvalue weighted by Gasteiger charge is -2.20. The van der Waals surface area contributed by atoms with Crippen LogP contribution in [0.25, 0.3) is 0 Å². The van der Waals surface area contributed by atoms with E-state index in [1.807, 2.05) is 13.0 Å². The van der Waals surface area contributed by atoms with Crippen molar-refractivity contribution in [1.82, 2.24) is 4.98 Å². The lowest BCUT2D eigenvalue weighted by molar-refractivity contribution is 0.881. The Morgan fingerprint density at radius 3 is 2.82 bits per heavy atom. The topological polar surface area (TPSA) is 42.1 Å². The van der Waals surface area contributed by atoms with Gasteiger partial charge >= 0.3 is 0 Å². The molecule has 90 valence electrons. The Bertz CT molecular complexity index is 479. The Kier molecular flexibility index (Phi) is 3.76. The standard InChI is InChI=1S/C13H17N3S/c1-10-5-6-11(8-14)13(15-10)16(2)9-12-4-3-7-17-12/h3-7H,8-9,14H2,1-2H3. The monoisotopic (exact) mass is 247 g/mol. The van der Waals surface area contributed by atoms with E-state index >= 15 is 0 Å². The summed E-state index contributed by atoms with van der Waals surface area (Å²) in [7, 11) is 2.06. The van der Waals surface area contributed by atoms with Gasteiger partial charge in [0.15, 0.2) is 0 Å². The van der Waals surface area contributed by atoms with Crippen LogP contribution in [0.3, 0.4) is 0 Å². The van der Waals surface area contributed by atoms with Crippen LogP contribution < -0.4 is 10.6 Å². The lowest BCUT2D eigenvalue weighted by atomic mass is 10.2. The van der Waals surface area contributed by atoms with Gasteiger partial charge in [-0.3, -0.25) is 0 Å². The zero-order valence-electron chi connectivity index (χ0n) is 10.2. The summed E-state index contributed by atoms with van der Waals surface area (Å²) in [5, 5.41) is 2.09. The molecule has 2 heterocycles. The van der Waals surface area contributed by atoms with Gasteiger partial charge in [-0.2, -0.15) is 0 Å². The number of pyridine rings is 1. The lowest BCUT2D eigenvalue weighted by Crippen LogP contribution is -2.20. The van der Waals surface area contributed by atoms with Gasteiger partial charge in [0, 0.05) is 29.7 Å². The molecule has 0 unspecified atom stereocenters. The zero-order valence-corrected chi connectivity index (χ0v) is 11.0. The summed E-state index contributed by atoms with van der Waals surface area (Å²) in [4.78, 5) is 8.06. The Balaban J connectivity index is 2.23. The van der Waals surface area contributed by atoms with Gasteiger partial charge < -0.3 is 10.6 Å². The summed E-state index contributed by atoms with van der Waals surface area (Å²) in [5.41, 5.74) is 7.86. The minimum atomic E-state index is 0.525. The van der Waals surface area contributed by atoms with Crippen LogP contribution in [0.4, 0.5) is 5.82 Å². The molecule has 4 heteroatoms. The predicted octanol–water partition coefficient (Wildman–Crippen LogP) is 2.55. The molecule has 2 N–H and O–H groups in total. The molecular formula is C13H17N3S. The molecule has 0 spiro atoms. The maximum absolute atomic E-state index is 5.75. The van der Waals surface area contributed by atoms with E-state index in [-0.39, 0.29) is 0 Å². The van der Waals surface area contributed by atoms with Gasteiger partial charge in [0.2, 0.25) is 0 Å². The minimum Gasteiger partial charge on any atom is -0.354 e. The fraction of sp³-hybridized carbons (Fsp3) is 0.308. The molecule has 0 aliphatic carbocycles. The second-order valence-corrected chi connectivity index (χ2v) is 5.11. The smallest absolute Gasteiger partial charge is 0.133 e. The molecule has 0 bridgehead atoms. The van der Waals surface area contributed by atoms with Gasteiger partial charge in [0.05, 0.1) is 6.54 Å². The van der Waals surface area contributed by atoms with E-state index in [1.165, 1.54) is 4.88 Å². The highest BCUT2D eigenvalue weighted by atomic mass is 32.1.